The molecule has 3 saturated carbocycles. The van der Waals surface area contributed by atoms with Gasteiger partial charge in [0.15, 0.2) is 0 Å². The van der Waals surface area contributed by atoms with Crippen molar-refractivity contribution >= 4 is 5.78 Å². The maximum Gasteiger partial charge on any atom is 0.136 e. The van der Waals surface area contributed by atoms with Crippen molar-refractivity contribution in [3.8, 4) is 0 Å². The van der Waals surface area contributed by atoms with E-state index in [1.54, 1.807) is 0 Å². The Balaban J connectivity index is 1.60. The van der Waals surface area contributed by atoms with Gasteiger partial charge in [-0.2, -0.15) is 0 Å². The molecule has 31 heavy (non-hydrogen) atoms. The number of carbonyl (C=O) groups excluding carboxylic acids is 1. The summed E-state index contributed by atoms with van der Waals surface area (Å²) in [5.74, 6) is 4.72. The molecule has 9 atom stereocenters. The molecular weight excluding hydrogens is 380 g/mol. The molecule has 176 valence electrons. The van der Waals surface area contributed by atoms with Gasteiger partial charge in [0.2, 0.25) is 0 Å². The molecule has 4 rings (SSSR count). The number of ketones is 1. The van der Waals surface area contributed by atoms with Gasteiger partial charge in [-0.05, 0) is 98.2 Å². The summed E-state index contributed by atoms with van der Waals surface area (Å²) in [6, 6.07) is 0. The van der Waals surface area contributed by atoms with Crippen LogP contribution in [0, 0.1) is 52.3 Å². The van der Waals surface area contributed by atoms with E-state index in [4.69, 9.17) is 0 Å². The van der Waals surface area contributed by atoms with Crippen molar-refractivity contribution in [2.24, 2.45) is 52.3 Å². The first-order valence-electron chi connectivity index (χ1n) is 13.5. The van der Waals surface area contributed by atoms with E-state index in [1.165, 1.54) is 50.5 Å². The molecule has 0 aromatic rings. The second-order valence-corrected chi connectivity index (χ2v) is 13.0. The third-order valence-electron chi connectivity index (χ3n) is 10.8. The molecule has 3 fully saturated rings. The minimum absolute atomic E-state index is 0.0815. The Morgan fingerprint density at radius 2 is 1.81 bits per heavy atom. The first kappa shape index (κ1) is 23.5. The number of hydrogen-bond donors (Lipinski definition) is 1. The number of rotatable bonds is 6. The van der Waals surface area contributed by atoms with Gasteiger partial charge >= 0.3 is 0 Å². The Morgan fingerprint density at radius 1 is 1.06 bits per heavy atom. The molecule has 4 aliphatic carbocycles. The third kappa shape index (κ3) is 3.98. The lowest BCUT2D eigenvalue weighted by Crippen LogP contribution is -2.54. The smallest absolute Gasteiger partial charge is 0.136 e. The number of Topliss-reactive ketones (excluding diaryl/α,β-unsaturated/α-hetero) is 1. The quantitative estimate of drug-likeness (QED) is 0.454. The molecule has 1 unspecified atom stereocenters. The van der Waals surface area contributed by atoms with Crippen LogP contribution in [0.1, 0.15) is 106 Å². The first-order chi connectivity index (χ1) is 14.6. The predicted octanol–water partition coefficient (Wildman–Crippen LogP) is 7.20. The molecule has 1 N–H and O–H groups in total. The summed E-state index contributed by atoms with van der Waals surface area (Å²) >= 11 is 0. The summed E-state index contributed by atoms with van der Waals surface area (Å²) in [5.41, 5.74) is 2.02. The molecule has 0 saturated heterocycles. The molecular formula is C29H48O2. The molecule has 0 bridgehead atoms. The molecule has 0 aromatic carbocycles. The maximum absolute atomic E-state index is 12.9. The second-order valence-electron chi connectivity index (χ2n) is 13.0. The summed E-state index contributed by atoms with van der Waals surface area (Å²) in [6.45, 7) is 14.1. The van der Waals surface area contributed by atoms with Crippen LogP contribution in [-0.4, -0.2) is 17.0 Å². The van der Waals surface area contributed by atoms with E-state index in [0.717, 1.165) is 37.0 Å². The molecule has 0 heterocycles. The number of carbonyl (C=O) groups is 1. The van der Waals surface area contributed by atoms with Gasteiger partial charge in [0, 0.05) is 5.92 Å². The summed E-state index contributed by atoms with van der Waals surface area (Å²) in [4.78, 5) is 12.9. The van der Waals surface area contributed by atoms with Gasteiger partial charge in [-0.1, -0.05) is 65.5 Å². The van der Waals surface area contributed by atoms with Gasteiger partial charge in [0.25, 0.3) is 0 Å². The highest BCUT2D eigenvalue weighted by Gasteiger charge is 2.61. The molecule has 2 nitrogen and oxygen atoms in total. The van der Waals surface area contributed by atoms with Crippen molar-refractivity contribution in [3.05, 3.63) is 11.6 Å². The average molecular weight is 429 g/mol. The van der Waals surface area contributed by atoms with E-state index in [2.05, 4.69) is 40.7 Å². The van der Waals surface area contributed by atoms with E-state index in [0.29, 0.717) is 29.0 Å². The van der Waals surface area contributed by atoms with Crippen molar-refractivity contribution in [2.75, 3.05) is 0 Å². The number of allylic oxidation sites excluding steroid dienone is 1. The van der Waals surface area contributed by atoms with Crippen molar-refractivity contribution < 1.29 is 9.90 Å². The summed E-state index contributed by atoms with van der Waals surface area (Å²) in [7, 11) is 0. The van der Waals surface area contributed by atoms with E-state index >= 15 is 0 Å². The molecule has 0 amide bonds. The van der Waals surface area contributed by atoms with Crippen LogP contribution in [0.15, 0.2) is 11.6 Å². The Morgan fingerprint density at radius 3 is 2.48 bits per heavy atom. The minimum Gasteiger partial charge on any atom is -0.393 e. The number of hydrogen-bond acceptors (Lipinski definition) is 2. The van der Waals surface area contributed by atoms with E-state index < -0.39 is 0 Å². The average Bonchev–Trinajstić information content (AvgIpc) is 3.05. The lowest BCUT2D eigenvalue weighted by atomic mass is 9.44. The molecule has 0 aromatic heterocycles. The van der Waals surface area contributed by atoms with E-state index in [-0.39, 0.29) is 17.4 Å². The summed E-state index contributed by atoms with van der Waals surface area (Å²) < 4.78 is 0. The number of fused-ring (bicyclic) bond motifs is 5. The van der Waals surface area contributed by atoms with E-state index in [1.807, 2.05) is 6.92 Å². The zero-order valence-electron chi connectivity index (χ0n) is 21.1. The van der Waals surface area contributed by atoms with Crippen LogP contribution in [0.3, 0.4) is 0 Å². The Labute approximate surface area is 191 Å². The highest BCUT2D eigenvalue weighted by molar-refractivity contribution is 5.81. The van der Waals surface area contributed by atoms with Crippen LogP contribution < -0.4 is 0 Å². The third-order valence-corrected chi connectivity index (χ3v) is 10.8. The van der Waals surface area contributed by atoms with Gasteiger partial charge in [-0.3, -0.25) is 4.79 Å². The molecule has 0 spiro atoms. The van der Waals surface area contributed by atoms with Gasteiger partial charge in [-0.15, -0.1) is 0 Å². The molecule has 0 radical (unpaired) electrons. The molecule has 0 aliphatic heterocycles. The van der Waals surface area contributed by atoms with Crippen molar-refractivity contribution in [1.82, 2.24) is 0 Å². The lowest BCUT2D eigenvalue weighted by Gasteiger charge is -2.60. The van der Waals surface area contributed by atoms with Crippen LogP contribution in [0.5, 0.6) is 0 Å². The zero-order chi connectivity index (χ0) is 22.6. The van der Waals surface area contributed by atoms with Gasteiger partial charge < -0.3 is 5.11 Å². The van der Waals surface area contributed by atoms with Gasteiger partial charge in [-0.25, -0.2) is 0 Å². The Kier molecular flexibility index (Phi) is 6.54. The molecule has 4 aliphatic rings. The Bertz CT molecular complexity index is 708. The highest BCUT2D eigenvalue weighted by Crippen LogP contribution is 2.68. The fourth-order valence-corrected chi connectivity index (χ4v) is 9.08. The Hall–Kier alpha value is -0.630. The maximum atomic E-state index is 12.9. The van der Waals surface area contributed by atoms with Crippen LogP contribution in [0.4, 0.5) is 0 Å². The van der Waals surface area contributed by atoms with E-state index in [9.17, 15) is 9.90 Å². The topological polar surface area (TPSA) is 37.3 Å². The van der Waals surface area contributed by atoms with Gasteiger partial charge in [0.05, 0.1) is 6.10 Å². The SMILES string of the molecule is CC(=O)C1C=C2C[C@@H](O)CC[C@]2(C)[C@H]2CC[C@]3(C)[C@@H]([C@H](C)CCCC(C)C)CC[C@H]3[C@H]12. The van der Waals surface area contributed by atoms with Crippen LogP contribution >= 0.6 is 0 Å². The minimum atomic E-state index is -0.208. The highest BCUT2D eigenvalue weighted by atomic mass is 16.3. The van der Waals surface area contributed by atoms with Crippen LogP contribution in [0.2, 0.25) is 0 Å². The fourth-order valence-electron chi connectivity index (χ4n) is 9.08. The van der Waals surface area contributed by atoms with Crippen LogP contribution in [-0.2, 0) is 4.79 Å². The number of aliphatic hydroxyl groups excluding tert-OH is 1. The summed E-state index contributed by atoms with van der Waals surface area (Å²) in [6.07, 6.45) is 14.4. The normalized spacial score (nSPS) is 45.5. The summed E-state index contributed by atoms with van der Waals surface area (Å²) in [5, 5.41) is 10.3. The predicted molar refractivity (Wildman–Crippen MR) is 129 cm³/mol. The van der Waals surface area contributed by atoms with Crippen molar-refractivity contribution in [2.45, 2.75) is 112 Å². The lowest BCUT2D eigenvalue weighted by molar-refractivity contribution is -0.130. The van der Waals surface area contributed by atoms with Crippen molar-refractivity contribution in [1.29, 1.82) is 0 Å². The van der Waals surface area contributed by atoms with Crippen LogP contribution in [0.25, 0.3) is 0 Å². The standard InChI is InChI=1S/C29H48O2/c1-18(2)8-7-9-19(3)24-10-11-25-27-23(20(4)30)17-21-16-22(31)12-14-28(21,5)26(27)13-15-29(24,25)6/h17-19,22-27,31H,7-16H2,1-6H3/t19-,22+,23?,24-,25+,26+,27+,28+,29-/m1/s1. The zero-order valence-corrected chi connectivity index (χ0v) is 21.1. The second kappa shape index (κ2) is 8.62. The monoisotopic (exact) mass is 428 g/mol. The first-order valence-corrected chi connectivity index (χ1v) is 13.5. The number of aliphatic hydroxyl groups is 1. The molecule has 2 heteroatoms. The van der Waals surface area contributed by atoms with Gasteiger partial charge in [0.1, 0.15) is 5.78 Å². The fraction of sp³-hybridized carbons (Fsp3) is 0.897. The largest absolute Gasteiger partial charge is 0.393 e. The van der Waals surface area contributed by atoms with Crippen molar-refractivity contribution in [3.63, 3.8) is 0 Å².